The van der Waals surface area contributed by atoms with Crippen LogP contribution >= 0.6 is 11.3 Å². The van der Waals surface area contributed by atoms with Crippen molar-refractivity contribution in [1.29, 1.82) is 0 Å². The van der Waals surface area contributed by atoms with Crippen molar-refractivity contribution in [3.8, 4) is 28.1 Å². The van der Waals surface area contributed by atoms with Crippen molar-refractivity contribution in [2.24, 2.45) is 0 Å². The molecule has 0 aliphatic carbocycles. The summed E-state index contributed by atoms with van der Waals surface area (Å²) in [6, 6.07) is 20.8. The minimum absolute atomic E-state index is 0.0118. The fraction of sp³-hybridized carbons (Fsp3) is 0.0714. The number of nitrogens with one attached hydrogen (secondary N) is 2. The van der Waals surface area contributed by atoms with Crippen LogP contribution in [0.4, 0.5) is 29.3 Å². The quantitative estimate of drug-likeness (QED) is 0.161. The van der Waals surface area contributed by atoms with E-state index in [-0.39, 0.29) is 12.2 Å². The van der Waals surface area contributed by atoms with E-state index in [9.17, 15) is 27.9 Å². The fourth-order valence-electron chi connectivity index (χ4n) is 3.81. The SMILES string of the molecule is FC(F)F.O=C(O)Cc1ccc(-c2csc3c(-c4ccc(NC(=O)Nc5ccccc5O)cc4)ncnc23)cc1. The van der Waals surface area contributed by atoms with Gasteiger partial charge in [-0.15, -0.1) is 11.3 Å². The van der Waals surface area contributed by atoms with E-state index < -0.39 is 18.7 Å². The molecule has 8 nitrogen and oxygen atoms in total. The first kappa shape index (κ1) is 28.0. The first-order valence-electron chi connectivity index (χ1n) is 11.6. The van der Waals surface area contributed by atoms with Gasteiger partial charge in [-0.1, -0.05) is 48.5 Å². The van der Waals surface area contributed by atoms with Gasteiger partial charge in [-0.2, -0.15) is 13.2 Å². The molecule has 0 spiro atoms. The zero-order valence-corrected chi connectivity index (χ0v) is 21.3. The van der Waals surface area contributed by atoms with E-state index in [1.54, 1.807) is 30.3 Å². The maximum absolute atomic E-state index is 12.3. The first-order chi connectivity index (χ1) is 19.2. The first-order valence-corrected chi connectivity index (χ1v) is 12.5. The zero-order valence-electron chi connectivity index (χ0n) is 20.5. The second-order valence-electron chi connectivity index (χ2n) is 8.24. The Morgan fingerprint density at radius 1 is 0.875 bits per heavy atom. The van der Waals surface area contributed by atoms with E-state index in [0.717, 1.165) is 38.2 Å². The molecular weight excluding hydrogens is 545 g/mol. The molecule has 2 amide bonds. The van der Waals surface area contributed by atoms with Gasteiger partial charge in [0.25, 0.3) is 0 Å². The minimum Gasteiger partial charge on any atom is -0.506 e. The average molecular weight is 567 g/mol. The second kappa shape index (κ2) is 12.7. The minimum atomic E-state index is -3.67. The van der Waals surface area contributed by atoms with Crippen molar-refractivity contribution < 1.29 is 33.0 Å². The second-order valence-corrected chi connectivity index (χ2v) is 9.12. The molecule has 4 N–H and O–H groups in total. The molecule has 2 aromatic heterocycles. The number of carbonyl (C=O) groups is 2. The molecule has 0 bridgehead atoms. The highest BCUT2D eigenvalue weighted by Crippen LogP contribution is 2.37. The van der Waals surface area contributed by atoms with Crippen molar-refractivity contribution in [2.75, 3.05) is 10.6 Å². The zero-order chi connectivity index (χ0) is 28.6. The number of phenolic OH excluding ortho intramolecular Hbond substituents is 1. The van der Waals surface area contributed by atoms with E-state index in [1.165, 1.54) is 23.7 Å². The molecule has 40 heavy (non-hydrogen) atoms. The lowest BCUT2D eigenvalue weighted by atomic mass is 10.0. The van der Waals surface area contributed by atoms with Gasteiger partial charge in [-0.25, -0.2) is 14.8 Å². The van der Waals surface area contributed by atoms with E-state index >= 15 is 0 Å². The van der Waals surface area contributed by atoms with E-state index in [0.29, 0.717) is 11.4 Å². The Labute approximate surface area is 229 Å². The summed E-state index contributed by atoms with van der Waals surface area (Å²) < 4.78 is 29.9. The Hall–Kier alpha value is -4.97. The van der Waals surface area contributed by atoms with Crippen LogP contribution in [0.15, 0.2) is 84.5 Å². The lowest BCUT2D eigenvalue weighted by Crippen LogP contribution is -2.19. The molecular formula is C28H21F3N4O4S. The standard InChI is InChI=1S/C27H20N4O4S.CHF3/c32-22-4-2-1-3-21(22)31-27(35)30-19-11-9-18(10-12-19)24-26-25(29-15-28-24)20(14-36-26)17-7-5-16(6-8-17)13-23(33)34;2-1(3)4/h1-12,14-15,32H,13H2,(H,33,34)(H2,30,31,35);1H. The van der Waals surface area contributed by atoms with Crippen LogP contribution in [0.2, 0.25) is 0 Å². The van der Waals surface area contributed by atoms with Crippen LogP contribution in [0.25, 0.3) is 32.6 Å². The molecule has 204 valence electrons. The summed E-state index contributed by atoms with van der Waals surface area (Å²) in [6.07, 6.45) is 1.51. The van der Waals surface area contributed by atoms with Gasteiger partial charge in [0, 0.05) is 22.2 Å². The van der Waals surface area contributed by atoms with E-state index in [4.69, 9.17) is 5.11 Å². The maximum Gasteiger partial charge on any atom is 0.379 e. The number of hydrogen-bond donors (Lipinski definition) is 4. The van der Waals surface area contributed by atoms with Crippen LogP contribution in [0.3, 0.4) is 0 Å². The van der Waals surface area contributed by atoms with Crippen LogP contribution in [0.1, 0.15) is 5.56 Å². The molecule has 0 saturated heterocycles. The predicted molar refractivity (Wildman–Crippen MR) is 147 cm³/mol. The Morgan fingerprint density at radius 3 is 2.17 bits per heavy atom. The number of fused-ring (bicyclic) bond motifs is 1. The average Bonchev–Trinajstić information content (AvgIpc) is 3.35. The highest BCUT2D eigenvalue weighted by Gasteiger charge is 2.14. The molecule has 0 fully saturated rings. The smallest absolute Gasteiger partial charge is 0.379 e. The summed E-state index contributed by atoms with van der Waals surface area (Å²) in [6.45, 7) is -3.67. The van der Waals surface area contributed by atoms with Crippen molar-refractivity contribution >= 4 is 44.9 Å². The van der Waals surface area contributed by atoms with Crippen LogP contribution < -0.4 is 10.6 Å². The molecule has 0 unspecified atom stereocenters. The number of anilines is 2. The number of rotatable bonds is 6. The van der Waals surface area contributed by atoms with Crippen molar-refractivity contribution in [2.45, 2.75) is 13.1 Å². The number of nitrogens with zero attached hydrogens (tertiary/aromatic N) is 2. The third-order valence-corrected chi connectivity index (χ3v) is 6.52. The van der Waals surface area contributed by atoms with Gasteiger partial charge in [0.15, 0.2) is 0 Å². The number of halogens is 3. The Bertz CT molecular complexity index is 1620. The third kappa shape index (κ3) is 7.11. The Morgan fingerprint density at radius 2 is 1.52 bits per heavy atom. The Balaban J connectivity index is 0.000000867. The van der Waals surface area contributed by atoms with Crippen LogP contribution in [-0.4, -0.2) is 38.9 Å². The lowest BCUT2D eigenvalue weighted by Gasteiger charge is -2.09. The predicted octanol–water partition coefficient (Wildman–Crippen LogP) is 7.18. The van der Waals surface area contributed by atoms with Crippen LogP contribution in [0.5, 0.6) is 5.75 Å². The van der Waals surface area contributed by atoms with Crippen molar-refractivity contribution in [3.05, 3.63) is 90.1 Å². The number of thiophene rings is 1. The maximum atomic E-state index is 12.3. The van der Waals surface area contributed by atoms with Gasteiger partial charge in [0.1, 0.15) is 12.1 Å². The monoisotopic (exact) mass is 566 g/mol. The lowest BCUT2D eigenvalue weighted by molar-refractivity contribution is -0.136. The molecule has 0 atom stereocenters. The fourth-order valence-corrected chi connectivity index (χ4v) is 4.85. The van der Waals surface area contributed by atoms with Gasteiger partial charge in [0.2, 0.25) is 0 Å². The number of hydrogen-bond acceptors (Lipinski definition) is 6. The number of aromatic hydroxyl groups is 1. The van der Waals surface area contributed by atoms with Gasteiger partial charge in [-0.05, 0) is 35.4 Å². The van der Waals surface area contributed by atoms with Crippen molar-refractivity contribution in [1.82, 2.24) is 9.97 Å². The van der Waals surface area contributed by atoms with Gasteiger partial charge >= 0.3 is 18.7 Å². The van der Waals surface area contributed by atoms with Crippen LogP contribution in [0, 0.1) is 0 Å². The molecule has 0 radical (unpaired) electrons. The summed E-state index contributed by atoms with van der Waals surface area (Å²) in [5.74, 6) is -0.874. The summed E-state index contributed by atoms with van der Waals surface area (Å²) in [5, 5.41) is 26.2. The number of benzene rings is 3. The number of carboxylic acid groups (broad SMARTS) is 1. The number of aliphatic carboxylic acids is 1. The topological polar surface area (TPSA) is 124 Å². The molecule has 2 heterocycles. The number of para-hydroxylation sites is 2. The highest BCUT2D eigenvalue weighted by atomic mass is 32.1. The number of alkyl halides is 3. The van der Waals surface area contributed by atoms with Crippen molar-refractivity contribution in [3.63, 3.8) is 0 Å². The molecule has 3 aromatic carbocycles. The molecule has 0 saturated carbocycles. The highest BCUT2D eigenvalue weighted by molar-refractivity contribution is 7.18. The summed E-state index contributed by atoms with van der Waals surface area (Å²) in [5.41, 5.74) is 6.03. The summed E-state index contributed by atoms with van der Waals surface area (Å²) >= 11 is 1.54. The summed E-state index contributed by atoms with van der Waals surface area (Å²) in [7, 11) is 0. The number of aromatic nitrogens is 2. The number of phenols is 1. The molecule has 0 aliphatic rings. The normalized spacial score (nSPS) is 10.6. The van der Waals surface area contributed by atoms with Gasteiger partial charge < -0.3 is 20.8 Å². The molecule has 0 aliphatic heterocycles. The molecule has 12 heteroatoms. The van der Waals surface area contributed by atoms with Gasteiger partial charge in [0.05, 0.1) is 28.0 Å². The third-order valence-electron chi connectivity index (χ3n) is 5.54. The number of carboxylic acids is 1. The number of amides is 2. The molecule has 5 aromatic rings. The van der Waals surface area contributed by atoms with E-state index in [1.807, 2.05) is 41.8 Å². The molecule has 5 rings (SSSR count). The van der Waals surface area contributed by atoms with Gasteiger partial charge in [-0.3, -0.25) is 4.79 Å². The summed E-state index contributed by atoms with van der Waals surface area (Å²) in [4.78, 5) is 32.2. The number of carbonyl (C=O) groups excluding carboxylic acids is 1. The largest absolute Gasteiger partial charge is 0.506 e. The number of urea groups is 1. The Kier molecular flexibility index (Phi) is 8.92. The van der Waals surface area contributed by atoms with Crippen LogP contribution in [-0.2, 0) is 11.2 Å². The van der Waals surface area contributed by atoms with E-state index in [2.05, 4.69) is 20.6 Å².